The molecule has 0 heterocycles. The van der Waals surface area contributed by atoms with Crippen LogP contribution >= 0.6 is 0 Å². The third kappa shape index (κ3) is 5.61. The molecule has 0 aliphatic rings. The summed E-state index contributed by atoms with van der Waals surface area (Å²) < 4.78 is 5.08. The van der Waals surface area contributed by atoms with Gasteiger partial charge in [0.2, 0.25) is 0 Å². The Hall–Kier alpha value is -1.75. The molecule has 19 heavy (non-hydrogen) atoms. The monoisotopic (exact) mass is 266 g/mol. The summed E-state index contributed by atoms with van der Waals surface area (Å²) in [7, 11) is 1.57. The minimum absolute atomic E-state index is 0.164. The maximum atomic E-state index is 11.4. The van der Waals surface area contributed by atoms with Gasteiger partial charge in [0.15, 0.2) is 0 Å². The number of carbonyl (C=O) groups excluding carboxylic acids is 1. The van der Waals surface area contributed by atoms with Crippen LogP contribution in [0, 0.1) is 5.92 Å². The van der Waals surface area contributed by atoms with E-state index in [2.05, 4.69) is 10.6 Å². The molecule has 5 nitrogen and oxygen atoms in total. The molecular weight excluding hydrogens is 244 g/mol. The number of ether oxygens (including phenoxy) is 1. The van der Waals surface area contributed by atoms with Gasteiger partial charge >= 0.3 is 6.03 Å². The van der Waals surface area contributed by atoms with Gasteiger partial charge in [-0.15, -0.1) is 0 Å². The number of hydrogen-bond acceptors (Lipinski definition) is 3. The molecule has 1 atom stereocenters. The van der Waals surface area contributed by atoms with Crippen LogP contribution in [0.4, 0.5) is 4.79 Å². The van der Waals surface area contributed by atoms with E-state index >= 15 is 0 Å². The second-order valence-corrected chi connectivity index (χ2v) is 4.78. The number of rotatable bonds is 6. The molecule has 0 saturated heterocycles. The molecule has 106 valence electrons. The predicted octanol–water partition coefficient (Wildman–Crippen LogP) is 1.68. The largest absolute Gasteiger partial charge is 0.497 e. The lowest BCUT2D eigenvalue weighted by Gasteiger charge is -2.14. The van der Waals surface area contributed by atoms with Crippen molar-refractivity contribution in [1.29, 1.82) is 0 Å². The minimum Gasteiger partial charge on any atom is -0.497 e. The smallest absolute Gasteiger partial charge is 0.314 e. The average Bonchev–Trinajstić information content (AvgIpc) is 2.42. The summed E-state index contributed by atoms with van der Waals surface area (Å²) in [6.07, 6.45) is -0.750. The van der Waals surface area contributed by atoms with E-state index in [9.17, 15) is 9.90 Å². The Bertz CT molecular complexity index is 407. The van der Waals surface area contributed by atoms with E-state index < -0.39 is 6.10 Å². The number of amides is 2. The Morgan fingerprint density at radius 1 is 1.32 bits per heavy atom. The number of aliphatic hydroxyl groups is 1. The van der Waals surface area contributed by atoms with E-state index in [1.807, 2.05) is 13.8 Å². The Morgan fingerprint density at radius 2 is 2.00 bits per heavy atom. The molecule has 0 radical (unpaired) electrons. The molecule has 0 aliphatic heterocycles. The van der Waals surface area contributed by atoms with Gasteiger partial charge in [-0.1, -0.05) is 26.0 Å². The van der Waals surface area contributed by atoms with Crippen LogP contribution in [0.3, 0.4) is 0 Å². The van der Waals surface area contributed by atoms with Crippen LogP contribution < -0.4 is 15.4 Å². The van der Waals surface area contributed by atoms with Crippen LogP contribution in [0.5, 0.6) is 5.75 Å². The fourth-order valence-electron chi connectivity index (χ4n) is 1.52. The van der Waals surface area contributed by atoms with Crippen molar-refractivity contribution in [2.24, 2.45) is 5.92 Å². The first kappa shape index (κ1) is 15.3. The van der Waals surface area contributed by atoms with E-state index in [1.54, 1.807) is 31.4 Å². The minimum atomic E-state index is -0.750. The number of carbonyl (C=O) groups is 1. The van der Waals surface area contributed by atoms with Gasteiger partial charge < -0.3 is 20.5 Å². The zero-order valence-corrected chi connectivity index (χ0v) is 11.6. The highest BCUT2D eigenvalue weighted by Crippen LogP contribution is 2.18. The van der Waals surface area contributed by atoms with Gasteiger partial charge in [-0.05, 0) is 23.6 Å². The van der Waals surface area contributed by atoms with Crippen LogP contribution in [0.1, 0.15) is 25.5 Å². The molecule has 1 aromatic carbocycles. The van der Waals surface area contributed by atoms with E-state index in [1.165, 1.54) is 0 Å². The topological polar surface area (TPSA) is 70.6 Å². The van der Waals surface area contributed by atoms with Crippen molar-refractivity contribution in [3.63, 3.8) is 0 Å². The molecule has 1 unspecified atom stereocenters. The lowest BCUT2D eigenvalue weighted by atomic mass is 10.1. The summed E-state index contributed by atoms with van der Waals surface area (Å²) in [6.45, 7) is 4.81. The number of hydrogen-bond donors (Lipinski definition) is 3. The zero-order valence-electron chi connectivity index (χ0n) is 11.6. The molecule has 0 aliphatic carbocycles. The SMILES string of the molecule is COc1cccc(C(O)CNC(=O)NCC(C)C)c1. The van der Waals surface area contributed by atoms with Gasteiger partial charge in [-0.3, -0.25) is 0 Å². The van der Waals surface area contributed by atoms with Crippen molar-refractivity contribution in [3.05, 3.63) is 29.8 Å². The summed E-state index contributed by atoms with van der Waals surface area (Å²) in [6, 6.07) is 6.88. The highest BCUT2D eigenvalue weighted by molar-refractivity contribution is 5.73. The van der Waals surface area contributed by atoms with E-state index in [0.29, 0.717) is 23.8 Å². The Kier molecular flexibility index (Phi) is 6.15. The van der Waals surface area contributed by atoms with Crippen LogP contribution in [-0.4, -0.2) is 31.3 Å². The molecule has 2 amide bonds. The van der Waals surface area contributed by atoms with Crippen LogP contribution in [0.25, 0.3) is 0 Å². The second-order valence-electron chi connectivity index (χ2n) is 4.78. The highest BCUT2D eigenvalue weighted by atomic mass is 16.5. The third-order valence-electron chi connectivity index (χ3n) is 2.61. The van der Waals surface area contributed by atoms with Crippen molar-refractivity contribution < 1.29 is 14.6 Å². The Morgan fingerprint density at radius 3 is 2.63 bits per heavy atom. The fourth-order valence-corrected chi connectivity index (χ4v) is 1.52. The maximum absolute atomic E-state index is 11.4. The second kappa shape index (κ2) is 7.63. The highest BCUT2D eigenvalue weighted by Gasteiger charge is 2.10. The van der Waals surface area contributed by atoms with Crippen LogP contribution in [0.15, 0.2) is 24.3 Å². The first-order valence-corrected chi connectivity index (χ1v) is 6.36. The van der Waals surface area contributed by atoms with Gasteiger partial charge in [0.25, 0.3) is 0 Å². The molecule has 0 bridgehead atoms. The Balaban J connectivity index is 2.41. The number of urea groups is 1. The molecule has 1 rings (SSSR count). The van der Waals surface area contributed by atoms with Crippen molar-refractivity contribution in [2.45, 2.75) is 20.0 Å². The lowest BCUT2D eigenvalue weighted by molar-refractivity contribution is 0.172. The average molecular weight is 266 g/mol. The molecular formula is C14H22N2O3. The first-order chi connectivity index (χ1) is 9.02. The molecule has 0 saturated carbocycles. The quantitative estimate of drug-likeness (QED) is 0.733. The van der Waals surface area contributed by atoms with Gasteiger partial charge in [0.1, 0.15) is 5.75 Å². The summed E-state index contributed by atoms with van der Waals surface area (Å²) in [4.78, 5) is 11.4. The zero-order chi connectivity index (χ0) is 14.3. The van der Waals surface area contributed by atoms with E-state index in [-0.39, 0.29) is 12.6 Å². The summed E-state index contributed by atoms with van der Waals surface area (Å²) in [5, 5.41) is 15.3. The normalized spacial score (nSPS) is 12.1. The van der Waals surface area contributed by atoms with Crippen molar-refractivity contribution >= 4 is 6.03 Å². The van der Waals surface area contributed by atoms with E-state index in [0.717, 1.165) is 0 Å². The van der Waals surface area contributed by atoms with Crippen LogP contribution in [-0.2, 0) is 0 Å². The third-order valence-corrected chi connectivity index (χ3v) is 2.61. The molecule has 0 fully saturated rings. The summed E-state index contributed by atoms with van der Waals surface area (Å²) in [5.41, 5.74) is 0.712. The van der Waals surface area contributed by atoms with Crippen LogP contribution in [0.2, 0.25) is 0 Å². The first-order valence-electron chi connectivity index (χ1n) is 6.36. The van der Waals surface area contributed by atoms with Gasteiger partial charge in [0, 0.05) is 13.1 Å². The van der Waals surface area contributed by atoms with Crippen molar-refractivity contribution in [3.8, 4) is 5.75 Å². The molecule has 1 aromatic rings. The van der Waals surface area contributed by atoms with Crippen molar-refractivity contribution in [2.75, 3.05) is 20.2 Å². The standard InChI is InChI=1S/C14H22N2O3/c1-10(2)8-15-14(18)16-9-13(17)11-5-4-6-12(7-11)19-3/h4-7,10,13,17H,8-9H2,1-3H3,(H2,15,16,18). The van der Waals surface area contributed by atoms with Crippen molar-refractivity contribution in [1.82, 2.24) is 10.6 Å². The maximum Gasteiger partial charge on any atom is 0.314 e. The number of methoxy groups -OCH3 is 1. The Labute approximate surface area is 114 Å². The molecule has 5 heteroatoms. The number of aliphatic hydroxyl groups excluding tert-OH is 1. The van der Waals surface area contributed by atoms with Gasteiger partial charge in [0.05, 0.1) is 13.2 Å². The predicted molar refractivity (Wildman–Crippen MR) is 74.2 cm³/mol. The summed E-state index contributed by atoms with van der Waals surface area (Å²) in [5.74, 6) is 1.08. The molecule has 3 N–H and O–H groups in total. The van der Waals surface area contributed by atoms with E-state index in [4.69, 9.17) is 4.74 Å². The number of nitrogens with one attached hydrogen (secondary N) is 2. The molecule has 0 spiro atoms. The van der Waals surface area contributed by atoms with Gasteiger partial charge in [-0.25, -0.2) is 4.79 Å². The number of benzene rings is 1. The molecule has 0 aromatic heterocycles. The fraction of sp³-hybridized carbons (Fsp3) is 0.500. The summed E-state index contributed by atoms with van der Waals surface area (Å²) >= 11 is 0. The van der Waals surface area contributed by atoms with Gasteiger partial charge in [-0.2, -0.15) is 0 Å². The lowest BCUT2D eigenvalue weighted by Crippen LogP contribution is -2.39.